The number of sulfonamides is 2. The lowest BCUT2D eigenvalue weighted by atomic mass is 10.2. The summed E-state index contributed by atoms with van der Waals surface area (Å²) in [5.74, 6) is 2.41. The first-order valence-corrected chi connectivity index (χ1v) is 11.4. The van der Waals surface area contributed by atoms with Gasteiger partial charge in [0.2, 0.25) is 20.0 Å². The fourth-order valence-electron chi connectivity index (χ4n) is 3.27. The Labute approximate surface area is 140 Å². The molecule has 2 aliphatic rings. The van der Waals surface area contributed by atoms with Gasteiger partial charge in [-0.2, -0.15) is 0 Å². The molecule has 0 aromatic carbocycles. The zero-order valence-electron chi connectivity index (χ0n) is 13.4. The molecule has 1 aliphatic carbocycles. The number of hydrogen-bond acceptors (Lipinski definition) is 4. The maximum atomic E-state index is 12.5. The van der Waals surface area contributed by atoms with E-state index in [1.54, 1.807) is 0 Å². The van der Waals surface area contributed by atoms with Gasteiger partial charge in [0.1, 0.15) is 0 Å². The highest BCUT2D eigenvalue weighted by Crippen LogP contribution is 2.23. The highest BCUT2D eigenvalue weighted by Gasteiger charge is 2.36. The molecule has 1 aliphatic heterocycles. The van der Waals surface area contributed by atoms with Crippen LogP contribution in [0.1, 0.15) is 51.4 Å². The monoisotopic (exact) mass is 362 g/mol. The van der Waals surface area contributed by atoms with E-state index in [0.717, 1.165) is 25.7 Å². The van der Waals surface area contributed by atoms with Gasteiger partial charge in [-0.05, 0) is 32.1 Å². The molecule has 0 aromatic heterocycles. The Morgan fingerprint density at radius 1 is 1.09 bits per heavy atom. The third-order valence-corrected chi connectivity index (χ3v) is 8.43. The van der Waals surface area contributed by atoms with E-state index in [9.17, 15) is 16.8 Å². The second kappa shape index (κ2) is 7.97. The Kier molecular flexibility index (Phi) is 6.48. The quantitative estimate of drug-likeness (QED) is 0.542. The predicted octanol–water partition coefficient (Wildman–Crippen LogP) is 1.06. The lowest BCUT2D eigenvalue weighted by Gasteiger charge is -2.32. The zero-order chi connectivity index (χ0) is 16.9. The molecule has 0 spiro atoms. The maximum Gasteiger partial charge on any atom is 0.216 e. The van der Waals surface area contributed by atoms with E-state index in [1.807, 2.05) is 0 Å². The van der Waals surface area contributed by atoms with Crippen molar-refractivity contribution in [2.75, 3.05) is 18.8 Å². The average molecular weight is 363 g/mol. The van der Waals surface area contributed by atoms with Crippen molar-refractivity contribution in [2.45, 2.75) is 62.7 Å². The first-order valence-electron chi connectivity index (χ1n) is 8.27. The molecule has 2 fully saturated rings. The van der Waals surface area contributed by atoms with Crippen LogP contribution >= 0.6 is 0 Å². The van der Waals surface area contributed by atoms with Crippen LogP contribution in [0.25, 0.3) is 0 Å². The van der Waals surface area contributed by atoms with Crippen LogP contribution < -0.4 is 4.72 Å². The molecule has 1 N–H and O–H groups in total. The molecule has 0 amide bonds. The molecule has 0 radical (unpaired) electrons. The number of terminal acetylenes is 1. The highest BCUT2D eigenvalue weighted by atomic mass is 32.2. The summed E-state index contributed by atoms with van der Waals surface area (Å²) in [5, 5.41) is -0.653. The van der Waals surface area contributed by atoms with Crippen molar-refractivity contribution >= 4 is 20.0 Å². The van der Waals surface area contributed by atoms with Gasteiger partial charge >= 0.3 is 0 Å². The molecule has 1 atom stereocenters. The highest BCUT2D eigenvalue weighted by molar-refractivity contribution is 7.90. The van der Waals surface area contributed by atoms with E-state index < -0.39 is 25.3 Å². The van der Waals surface area contributed by atoms with E-state index in [-0.39, 0.29) is 18.3 Å². The largest absolute Gasteiger partial charge is 0.216 e. The van der Waals surface area contributed by atoms with Gasteiger partial charge in [-0.15, -0.1) is 12.3 Å². The summed E-state index contributed by atoms with van der Waals surface area (Å²) in [6, 6.07) is 0.0163. The van der Waals surface area contributed by atoms with Gasteiger partial charge in [0.15, 0.2) is 0 Å². The number of nitrogens with one attached hydrogen (secondary N) is 1. The van der Waals surface area contributed by atoms with E-state index >= 15 is 0 Å². The van der Waals surface area contributed by atoms with E-state index in [0.29, 0.717) is 32.2 Å². The third kappa shape index (κ3) is 5.18. The summed E-state index contributed by atoms with van der Waals surface area (Å²) in [6.07, 6.45) is 10.9. The summed E-state index contributed by atoms with van der Waals surface area (Å²) in [7, 11) is -6.90. The summed E-state index contributed by atoms with van der Waals surface area (Å²) >= 11 is 0. The van der Waals surface area contributed by atoms with Crippen LogP contribution in [-0.4, -0.2) is 51.3 Å². The predicted molar refractivity (Wildman–Crippen MR) is 90.8 cm³/mol. The molecule has 0 bridgehead atoms. The lowest BCUT2D eigenvalue weighted by molar-refractivity contribution is 0.343. The Morgan fingerprint density at radius 2 is 1.78 bits per heavy atom. The number of piperidine rings is 1. The molecule has 8 heteroatoms. The van der Waals surface area contributed by atoms with Gasteiger partial charge in [0.25, 0.3) is 0 Å². The van der Waals surface area contributed by atoms with Crippen molar-refractivity contribution in [1.29, 1.82) is 0 Å². The van der Waals surface area contributed by atoms with Gasteiger partial charge in [-0.1, -0.05) is 12.8 Å². The topological polar surface area (TPSA) is 83.6 Å². The van der Waals surface area contributed by atoms with Gasteiger partial charge in [-0.25, -0.2) is 25.9 Å². The lowest BCUT2D eigenvalue weighted by Crippen LogP contribution is -2.50. The van der Waals surface area contributed by atoms with Crippen molar-refractivity contribution in [2.24, 2.45) is 0 Å². The minimum atomic E-state index is -3.47. The van der Waals surface area contributed by atoms with Gasteiger partial charge < -0.3 is 0 Å². The first kappa shape index (κ1) is 18.7. The minimum Gasteiger partial charge on any atom is -0.212 e. The van der Waals surface area contributed by atoms with Crippen LogP contribution in [0.4, 0.5) is 0 Å². The molecule has 0 unspecified atom stereocenters. The van der Waals surface area contributed by atoms with Crippen molar-refractivity contribution in [3.05, 3.63) is 0 Å². The van der Waals surface area contributed by atoms with Gasteiger partial charge in [0.05, 0.1) is 11.0 Å². The smallest absolute Gasteiger partial charge is 0.212 e. The molecule has 1 saturated carbocycles. The van der Waals surface area contributed by atoms with Crippen LogP contribution in [-0.2, 0) is 20.0 Å². The number of hydrogen-bond donors (Lipinski definition) is 1. The Morgan fingerprint density at radius 3 is 2.43 bits per heavy atom. The second-order valence-corrected chi connectivity index (χ2v) is 10.5. The first-order chi connectivity index (χ1) is 10.8. The summed E-state index contributed by atoms with van der Waals surface area (Å²) in [4.78, 5) is 0. The molecule has 132 valence electrons. The maximum absolute atomic E-state index is 12.5. The average Bonchev–Trinajstić information content (AvgIpc) is 3.00. The molecule has 2 rings (SSSR count). The summed E-state index contributed by atoms with van der Waals surface area (Å²) in [6.45, 7) is 0.453. The van der Waals surface area contributed by atoms with Crippen LogP contribution in [0, 0.1) is 12.3 Å². The molecular formula is C15H26N2O4S2. The normalized spacial score (nSPS) is 24.6. The number of rotatable bonds is 7. The molecular weight excluding hydrogens is 336 g/mol. The summed E-state index contributed by atoms with van der Waals surface area (Å²) in [5.41, 5.74) is 0. The fourth-order valence-corrected chi connectivity index (χ4v) is 6.69. The van der Waals surface area contributed by atoms with Crippen LogP contribution in [0.2, 0.25) is 0 Å². The van der Waals surface area contributed by atoms with Crippen molar-refractivity contribution < 1.29 is 16.8 Å². The number of nitrogens with zero attached hydrogens (tertiary/aromatic N) is 1. The van der Waals surface area contributed by atoms with Crippen LogP contribution in [0.15, 0.2) is 0 Å². The Balaban J connectivity index is 1.98. The molecule has 23 heavy (non-hydrogen) atoms. The minimum absolute atomic E-state index is 0.0139. The van der Waals surface area contributed by atoms with Crippen molar-refractivity contribution in [3.63, 3.8) is 0 Å². The molecule has 1 saturated heterocycles. The zero-order valence-corrected chi connectivity index (χ0v) is 15.0. The van der Waals surface area contributed by atoms with E-state index in [2.05, 4.69) is 10.6 Å². The van der Waals surface area contributed by atoms with Crippen molar-refractivity contribution in [3.8, 4) is 12.3 Å². The van der Waals surface area contributed by atoms with Crippen molar-refractivity contribution in [1.82, 2.24) is 9.03 Å². The SMILES string of the molecule is C#CCCCS(=O)(=O)N1CCC[C@@H](S(=O)(=O)NC2CCCC2)C1. The summed E-state index contributed by atoms with van der Waals surface area (Å²) < 4.78 is 53.8. The molecule has 0 aromatic rings. The second-order valence-electron chi connectivity index (χ2n) is 6.39. The standard InChI is InChI=1S/C15H26N2O4S2/c1-2-3-6-12-22(18,19)17-11-7-10-15(13-17)23(20,21)16-14-8-4-5-9-14/h1,14-16H,3-13H2/t15-/m1/s1. The molecule has 6 nitrogen and oxygen atoms in total. The van der Waals surface area contributed by atoms with Crippen LogP contribution in [0.5, 0.6) is 0 Å². The fraction of sp³-hybridized carbons (Fsp3) is 0.867. The number of unbranched alkanes of at least 4 members (excludes halogenated alkanes) is 1. The van der Waals surface area contributed by atoms with E-state index in [4.69, 9.17) is 6.42 Å². The van der Waals surface area contributed by atoms with Crippen LogP contribution in [0.3, 0.4) is 0 Å². The van der Waals surface area contributed by atoms with Gasteiger partial charge in [-0.3, -0.25) is 0 Å². The third-order valence-electron chi connectivity index (χ3n) is 4.58. The Bertz CT molecular complexity index is 631. The Hall–Kier alpha value is -0.620. The van der Waals surface area contributed by atoms with E-state index in [1.165, 1.54) is 4.31 Å². The molecule has 1 heterocycles. The van der Waals surface area contributed by atoms with Gasteiger partial charge in [0, 0.05) is 25.6 Å².